The second-order valence-electron chi connectivity index (χ2n) is 25.7. The SMILES string of the molecule is CC[C@H](C)[C@@H]1NC(=O)[C@@H]2CCCN2C(=O)[C@H](Cc2cccc(-c3ccc(F)cc3)c2)N(C)C(=O)[C@H](Cc2ccccc2)NC(=O)[C@H](C(C)C)N(C)C(=O)[C@@H]([C@@H](C)CC)OC(=O)[C@H](C(C)(C)O)N(C)C(=O)[C@H](CC(C)C)CC(=O)[C@H](C(C)C)N(C)C1=O. The van der Waals surface area contributed by atoms with Crippen molar-refractivity contribution in [2.24, 2.45) is 35.5 Å². The summed E-state index contributed by atoms with van der Waals surface area (Å²) in [7, 11) is 5.70. The first-order valence-corrected chi connectivity index (χ1v) is 30.7. The largest absolute Gasteiger partial charge is 0.450 e. The zero-order valence-electron chi connectivity index (χ0n) is 53.6. The highest BCUT2D eigenvalue weighted by molar-refractivity contribution is 5.99. The number of ketones is 1. The minimum absolute atomic E-state index is 0.0492. The molecule has 3 aromatic rings. The lowest BCUT2D eigenvalue weighted by atomic mass is 9.85. The molecule has 5 rings (SSSR count). The number of likely N-dealkylation sites (N-methyl/N-ethyl adjacent to an activating group) is 4. The molecule has 0 saturated carbocycles. The molecule has 0 aromatic heterocycles. The maximum Gasteiger partial charge on any atom is 0.332 e. The van der Waals surface area contributed by atoms with Gasteiger partial charge >= 0.3 is 5.97 Å². The number of nitrogens with zero attached hydrogens (tertiary/aromatic N) is 5. The van der Waals surface area contributed by atoms with Gasteiger partial charge in [-0.25, -0.2) is 9.18 Å². The van der Waals surface area contributed by atoms with Gasteiger partial charge in [-0.3, -0.25) is 38.4 Å². The Balaban J connectivity index is 1.73. The van der Waals surface area contributed by atoms with Gasteiger partial charge < -0.3 is 45.0 Å². The fourth-order valence-electron chi connectivity index (χ4n) is 12.3. The number of carbonyl (C=O) groups is 9. The van der Waals surface area contributed by atoms with E-state index in [4.69, 9.17) is 4.74 Å². The molecule has 18 nitrogen and oxygen atoms in total. The van der Waals surface area contributed by atoms with Crippen LogP contribution in [-0.4, -0.2) is 171 Å². The van der Waals surface area contributed by atoms with E-state index in [0.29, 0.717) is 41.5 Å². The fourth-order valence-corrected chi connectivity index (χ4v) is 12.3. The first-order chi connectivity index (χ1) is 40.3. The molecule has 3 N–H and O–H groups in total. The molecule has 0 bridgehead atoms. The summed E-state index contributed by atoms with van der Waals surface area (Å²) in [5, 5.41) is 17.7. The van der Waals surface area contributed by atoms with Gasteiger partial charge in [0.15, 0.2) is 17.9 Å². The molecule has 3 aromatic carbocycles. The Labute approximate surface area is 509 Å². The van der Waals surface area contributed by atoms with Gasteiger partial charge in [0.1, 0.15) is 36.0 Å². The number of rotatable bonds is 14. The summed E-state index contributed by atoms with van der Waals surface area (Å²) in [6.45, 7) is 20.7. The average molecular weight is 1190 g/mol. The van der Waals surface area contributed by atoms with Crippen molar-refractivity contribution in [2.75, 3.05) is 34.7 Å². The van der Waals surface area contributed by atoms with Crippen LogP contribution in [0, 0.1) is 41.3 Å². The van der Waals surface area contributed by atoms with Crippen molar-refractivity contribution >= 4 is 53.1 Å². The lowest BCUT2D eigenvalue weighted by molar-refractivity contribution is -0.178. The second-order valence-corrected chi connectivity index (χ2v) is 25.7. The monoisotopic (exact) mass is 1190 g/mol. The van der Waals surface area contributed by atoms with Gasteiger partial charge in [-0.2, -0.15) is 0 Å². The molecule has 0 aliphatic carbocycles. The Morgan fingerprint density at radius 3 is 1.79 bits per heavy atom. The maximum atomic E-state index is 15.6. The van der Waals surface area contributed by atoms with Crippen LogP contribution in [0.1, 0.15) is 133 Å². The average Bonchev–Trinajstić information content (AvgIpc) is 2.56. The Morgan fingerprint density at radius 1 is 0.628 bits per heavy atom. The van der Waals surface area contributed by atoms with Crippen LogP contribution in [0.15, 0.2) is 78.9 Å². The maximum absolute atomic E-state index is 15.6. The number of amides is 7. The molecule has 7 amide bonds. The van der Waals surface area contributed by atoms with Gasteiger partial charge in [0.2, 0.25) is 35.4 Å². The predicted octanol–water partition coefficient (Wildman–Crippen LogP) is 7.27. The third-order valence-electron chi connectivity index (χ3n) is 17.4. The minimum Gasteiger partial charge on any atom is -0.450 e. The van der Waals surface area contributed by atoms with Crippen LogP contribution in [0.25, 0.3) is 11.1 Å². The van der Waals surface area contributed by atoms with E-state index >= 15 is 24.0 Å². The summed E-state index contributed by atoms with van der Waals surface area (Å²) < 4.78 is 20.3. The molecular weight excluding hydrogens is 1100 g/mol. The van der Waals surface area contributed by atoms with Crippen molar-refractivity contribution in [1.82, 2.24) is 35.1 Å². The number of fused-ring (bicyclic) bond motifs is 1. The fraction of sp³-hybridized carbons (Fsp3) is 0.597. The van der Waals surface area contributed by atoms with E-state index in [2.05, 4.69) is 10.6 Å². The predicted molar refractivity (Wildman–Crippen MR) is 328 cm³/mol. The molecule has 2 heterocycles. The molecule has 2 saturated heterocycles. The van der Waals surface area contributed by atoms with Crippen LogP contribution in [0.4, 0.5) is 4.39 Å². The van der Waals surface area contributed by atoms with Crippen LogP contribution in [0.3, 0.4) is 0 Å². The van der Waals surface area contributed by atoms with Crippen LogP contribution in [0.2, 0.25) is 0 Å². The summed E-state index contributed by atoms with van der Waals surface area (Å²) in [6.07, 6.45) is -0.424. The van der Waals surface area contributed by atoms with Crippen molar-refractivity contribution in [3.05, 3.63) is 95.8 Å². The number of Topliss-reactive ketones (excluding diaryl/α,β-unsaturated/α-hetero) is 1. The van der Waals surface area contributed by atoms with Crippen LogP contribution in [0.5, 0.6) is 0 Å². The van der Waals surface area contributed by atoms with Crippen molar-refractivity contribution in [1.29, 1.82) is 0 Å². The van der Waals surface area contributed by atoms with Gasteiger partial charge in [-0.1, -0.05) is 142 Å². The number of cyclic esters (lactones) is 1. The molecular formula is C67H96FN7O11. The number of esters is 1. The van der Waals surface area contributed by atoms with Gasteiger partial charge in [0.05, 0.1) is 11.6 Å². The topological polar surface area (TPSA) is 223 Å². The molecule has 0 radical (unpaired) electrons. The Hall–Kier alpha value is -7.02. The number of ether oxygens (including phenoxy) is 1. The van der Waals surface area contributed by atoms with E-state index in [9.17, 15) is 28.7 Å². The third-order valence-corrected chi connectivity index (χ3v) is 17.4. The van der Waals surface area contributed by atoms with E-state index in [0.717, 1.165) is 4.90 Å². The smallest absolute Gasteiger partial charge is 0.332 e. The highest BCUT2D eigenvalue weighted by atomic mass is 19.1. The van der Waals surface area contributed by atoms with E-state index in [1.54, 1.807) is 96.1 Å². The summed E-state index contributed by atoms with van der Waals surface area (Å²) in [5.41, 5.74) is 0.742. The molecule has 2 aliphatic heterocycles. The van der Waals surface area contributed by atoms with Crippen LogP contribution in [-0.2, 0) is 60.7 Å². The zero-order chi connectivity index (χ0) is 64.2. The van der Waals surface area contributed by atoms with Gasteiger partial charge in [0, 0.05) is 65.8 Å². The van der Waals surface area contributed by atoms with E-state index < -0.39 is 143 Å². The minimum atomic E-state index is -1.96. The summed E-state index contributed by atoms with van der Waals surface area (Å²) in [6, 6.07) is 13.3. The Bertz CT molecular complexity index is 2860. The van der Waals surface area contributed by atoms with E-state index in [1.807, 2.05) is 39.8 Å². The molecule has 86 heavy (non-hydrogen) atoms. The molecule has 2 fully saturated rings. The van der Waals surface area contributed by atoms with Crippen molar-refractivity contribution < 1.29 is 57.4 Å². The van der Waals surface area contributed by atoms with E-state index in [1.165, 1.54) is 73.8 Å². The molecule has 472 valence electrons. The standard InChI is InChI=1S/C67H96FN7O11/c1-17-42(9)54-64(82)72(14)55(40(5)6)53(76)38-48(34-39(3)4)61(79)74(16)58(67(11,12)85)66(84)86-57(43(10)18-2)65(83)73(15)56(41(7)8)60(78)69-50(36-44-24-20-19-21-25-44)62(80)71(13)52(63(81)75-33-23-28-51(75)59(77)70-54)37-45-26-22-27-47(35-45)46-29-31-49(68)32-30-46/h19-22,24-27,29-32,35,39-43,48,50-52,54-58,85H,17-18,23,28,33-34,36-38H2,1-16H3,(H,69,78)(H,70,77)/t42-,43-,48+,50-,51-,52-,54-,55-,56-,57+,58+/m0/s1. The van der Waals surface area contributed by atoms with Crippen molar-refractivity contribution in [3.8, 4) is 11.1 Å². The number of hydrogen-bond acceptors (Lipinski definition) is 11. The van der Waals surface area contributed by atoms with Crippen molar-refractivity contribution in [3.63, 3.8) is 0 Å². The van der Waals surface area contributed by atoms with Crippen LogP contribution >= 0.6 is 0 Å². The lowest BCUT2D eigenvalue weighted by Crippen LogP contribution is -2.61. The number of benzene rings is 3. The first-order valence-electron chi connectivity index (χ1n) is 30.7. The van der Waals surface area contributed by atoms with Gasteiger partial charge in [-0.15, -0.1) is 0 Å². The summed E-state index contributed by atoms with van der Waals surface area (Å²) in [5.74, 6) is -9.90. The normalized spacial score (nSPS) is 25.4. The first kappa shape index (κ1) is 69.7. The Morgan fingerprint density at radius 2 is 1.22 bits per heavy atom. The van der Waals surface area contributed by atoms with Gasteiger partial charge in [0.25, 0.3) is 5.91 Å². The summed E-state index contributed by atoms with van der Waals surface area (Å²) in [4.78, 5) is 142. The second kappa shape index (κ2) is 30.6. The van der Waals surface area contributed by atoms with Crippen LogP contribution < -0.4 is 10.6 Å². The zero-order valence-corrected chi connectivity index (χ0v) is 53.6. The molecule has 0 spiro atoms. The molecule has 2 aliphatic rings. The highest BCUT2D eigenvalue weighted by Crippen LogP contribution is 2.31. The third kappa shape index (κ3) is 17.1. The molecule has 19 heteroatoms. The lowest BCUT2D eigenvalue weighted by Gasteiger charge is -2.39. The number of hydrogen-bond donors (Lipinski definition) is 3. The quantitative estimate of drug-likeness (QED) is 0.136. The molecule has 0 unspecified atom stereocenters. The van der Waals surface area contributed by atoms with E-state index in [-0.39, 0.29) is 44.6 Å². The van der Waals surface area contributed by atoms with Gasteiger partial charge in [-0.05, 0) is 97.6 Å². The highest BCUT2D eigenvalue weighted by Gasteiger charge is 2.48. The summed E-state index contributed by atoms with van der Waals surface area (Å²) >= 11 is 0. The number of halogens is 1. The number of aliphatic hydroxyl groups is 1. The van der Waals surface area contributed by atoms with Crippen molar-refractivity contribution in [2.45, 2.75) is 188 Å². The molecule has 11 atom stereocenters. The Kier molecular flexibility index (Phi) is 24.8. The number of nitrogens with one attached hydrogen (secondary N) is 2. The number of carbonyl (C=O) groups excluding carboxylic acids is 9.